The molecule has 0 saturated heterocycles. The molecule has 17 heavy (non-hydrogen) atoms. The lowest BCUT2D eigenvalue weighted by Gasteiger charge is -2.11. The van der Waals surface area contributed by atoms with Crippen LogP contribution in [0.2, 0.25) is 0 Å². The molecule has 1 heterocycles. The molecule has 3 nitrogen and oxygen atoms in total. The highest BCUT2D eigenvalue weighted by Crippen LogP contribution is 2.45. The van der Waals surface area contributed by atoms with Crippen molar-refractivity contribution in [2.24, 2.45) is 0 Å². The second kappa shape index (κ2) is 5.15. The quantitative estimate of drug-likeness (QED) is 0.866. The number of hydrogen-bond donors (Lipinski definition) is 1. The van der Waals surface area contributed by atoms with Crippen LogP contribution in [0.15, 0.2) is 41.8 Å². The van der Waals surface area contributed by atoms with Crippen molar-refractivity contribution >= 4 is 23.6 Å². The van der Waals surface area contributed by atoms with Crippen LogP contribution in [0.4, 0.5) is 0 Å². The highest BCUT2D eigenvalue weighted by Gasteiger charge is 2.27. The summed E-state index contributed by atoms with van der Waals surface area (Å²) in [6, 6.07) is 11.4. The third kappa shape index (κ3) is 2.67. The first kappa shape index (κ1) is 12.5. The van der Waals surface area contributed by atoms with E-state index in [0.29, 0.717) is 4.62 Å². The van der Waals surface area contributed by atoms with Gasteiger partial charge in [0.05, 0.1) is 6.61 Å². The third-order valence-corrected chi connectivity index (χ3v) is 5.38. The normalized spacial score (nSPS) is 14.5. The summed E-state index contributed by atoms with van der Waals surface area (Å²) in [5.41, 5.74) is 1.70. The van der Waals surface area contributed by atoms with Crippen LogP contribution in [0.5, 0.6) is 0 Å². The Labute approximate surface area is 104 Å². The molecule has 1 aromatic heterocycles. The molecule has 1 atom stereocenters. The Hall–Kier alpha value is -0.930. The third-order valence-electron chi connectivity index (χ3n) is 2.29. The van der Waals surface area contributed by atoms with Crippen LogP contribution in [0.25, 0.3) is 11.1 Å². The van der Waals surface area contributed by atoms with Gasteiger partial charge in [0.15, 0.2) is 0 Å². The molecule has 0 aliphatic rings. The fourth-order valence-corrected chi connectivity index (χ4v) is 4.09. The van der Waals surface area contributed by atoms with Crippen LogP contribution >= 0.6 is 18.9 Å². The van der Waals surface area contributed by atoms with Crippen molar-refractivity contribution in [3.8, 4) is 11.1 Å². The monoisotopic (exact) mass is 268 g/mol. The van der Waals surface area contributed by atoms with Crippen LogP contribution in [0, 0.1) is 0 Å². The molecule has 5 heteroatoms. The molecular formula is C12H13O3PS. The molecule has 0 aliphatic heterocycles. The molecular weight excluding hydrogens is 255 g/mol. The van der Waals surface area contributed by atoms with Gasteiger partial charge in [-0.3, -0.25) is 4.57 Å². The highest BCUT2D eigenvalue weighted by molar-refractivity contribution is 7.68. The van der Waals surface area contributed by atoms with Gasteiger partial charge in [0.2, 0.25) is 0 Å². The second-order valence-electron chi connectivity index (χ2n) is 3.44. The van der Waals surface area contributed by atoms with Gasteiger partial charge in [-0.25, -0.2) is 0 Å². The Balaban J connectivity index is 2.46. The summed E-state index contributed by atoms with van der Waals surface area (Å²) in [6.07, 6.45) is 0. The van der Waals surface area contributed by atoms with Crippen molar-refractivity contribution in [2.45, 2.75) is 6.92 Å². The number of thiophene rings is 1. The van der Waals surface area contributed by atoms with Crippen LogP contribution in [-0.2, 0) is 9.09 Å². The first-order valence-corrected chi connectivity index (χ1v) is 7.71. The van der Waals surface area contributed by atoms with E-state index >= 15 is 0 Å². The minimum Gasteiger partial charge on any atom is -0.320 e. The van der Waals surface area contributed by atoms with E-state index in [0.717, 1.165) is 11.1 Å². The Morgan fingerprint density at radius 3 is 2.65 bits per heavy atom. The van der Waals surface area contributed by atoms with E-state index in [2.05, 4.69) is 0 Å². The van der Waals surface area contributed by atoms with Gasteiger partial charge in [-0.2, -0.15) is 0 Å². The van der Waals surface area contributed by atoms with Crippen molar-refractivity contribution in [3.05, 3.63) is 41.8 Å². The molecule has 0 fully saturated rings. The van der Waals surface area contributed by atoms with Gasteiger partial charge in [-0.05, 0) is 23.9 Å². The molecule has 90 valence electrons. The summed E-state index contributed by atoms with van der Waals surface area (Å²) in [7, 11) is -3.68. The molecule has 0 amide bonds. The highest BCUT2D eigenvalue weighted by atomic mass is 32.1. The van der Waals surface area contributed by atoms with Gasteiger partial charge in [0.25, 0.3) is 0 Å². The van der Waals surface area contributed by atoms with E-state index < -0.39 is 7.60 Å². The molecule has 1 N–H and O–H groups in total. The molecule has 0 spiro atoms. The van der Waals surface area contributed by atoms with Crippen molar-refractivity contribution in [3.63, 3.8) is 0 Å². The SMILES string of the molecule is CCOP(=O)(O)c1sccc1-c1ccccc1. The van der Waals surface area contributed by atoms with E-state index in [1.54, 1.807) is 12.3 Å². The summed E-state index contributed by atoms with van der Waals surface area (Å²) in [6.45, 7) is 1.93. The molecule has 1 unspecified atom stereocenters. The maximum Gasteiger partial charge on any atom is 0.369 e. The lowest BCUT2D eigenvalue weighted by molar-refractivity contribution is 0.284. The van der Waals surface area contributed by atoms with E-state index in [1.165, 1.54) is 11.3 Å². The molecule has 2 rings (SSSR count). The Kier molecular flexibility index (Phi) is 3.79. The topological polar surface area (TPSA) is 46.5 Å². The van der Waals surface area contributed by atoms with Crippen LogP contribution in [0.3, 0.4) is 0 Å². The Morgan fingerprint density at radius 1 is 1.29 bits per heavy atom. The Morgan fingerprint density at radius 2 is 2.00 bits per heavy atom. The van der Waals surface area contributed by atoms with Gasteiger partial charge in [0.1, 0.15) is 4.62 Å². The number of hydrogen-bond acceptors (Lipinski definition) is 3. The first-order valence-electron chi connectivity index (χ1n) is 5.26. The summed E-state index contributed by atoms with van der Waals surface area (Å²) in [4.78, 5) is 9.86. The summed E-state index contributed by atoms with van der Waals surface area (Å²) in [5, 5.41) is 1.81. The minimum absolute atomic E-state index is 0.222. The standard InChI is InChI=1S/C12H13O3PS/c1-2-15-16(13,14)12-11(8-9-17-12)10-6-4-3-5-7-10/h3-9H,2H2,1H3,(H,13,14). The summed E-state index contributed by atoms with van der Waals surface area (Å²) < 4.78 is 17.4. The zero-order chi connectivity index (χ0) is 12.3. The zero-order valence-corrected chi connectivity index (χ0v) is 11.1. The second-order valence-corrected chi connectivity index (χ2v) is 6.41. The fraction of sp³-hybridized carbons (Fsp3) is 0.167. The van der Waals surface area contributed by atoms with E-state index in [9.17, 15) is 9.46 Å². The fourth-order valence-electron chi connectivity index (χ4n) is 1.59. The number of benzene rings is 1. The summed E-state index contributed by atoms with van der Waals surface area (Å²) >= 11 is 1.25. The first-order chi connectivity index (χ1) is 8.15. The van der Waals surface area contributed by atoms with Crippen LogP contribution < -0.4 is 4.62 Å². The van der Waals surface area contributed by atoms with Gasteiger partial charge >= 0.3 is 7.60 Å². The molecule has 1 aromatic carbocycles. The van der Waals surface area contributed by atoms with Crippen LogP contribution in [-0.4, -0.2) is 11.5 Å². The minimum atomic E-state index is -3.68. The largest absolute Gasteiger partial charge is 0.369 e. The molecule has 0 saturated carbocycles. The lowest BCUT2D eigenvalue weighted by atomic mass is 10.1. The molecule has 0 aliphatic carbocycles. The van der Waals surface area contributed by atoms with Gasteiger partial charge in [-0.1, -0.05) is 30.3 Å². The Bertz CT molecular complexity index is 536. The van der Waals surface area contributed by atoms with Gasteiger partial charge in [-0.15, -0.1) is 11.3 Å². The summed E-state index contributed by atoms with van der Waals surface area (Å²) in [5.74, 6) is 0. The van der Waals surface area contributed by atoms with E-state index in [4.69, 9.17) is 4.52 Å². The predicted molar refractivity (Wildman–Crippen MR) is 70.8 cm³/mol. The molecule has 0 bridgehead atoms. The van der Waals surface area contributed by atoms with E-state index in [-0.39, 0.29) is 6.61 Å². The zero-order valence-electron chi connectivity index (χ0n) is 9.37. The van der Waals surface area contributed by atoms with Gasteiger partial charge < -0.3 is 9.42 Å². The maximum absolute atomic E-state index is 12.0. The van der Waals surface area contributed by atoms with Gasteiger partial charge in [0, 0.05) is 5.56 Å². The van der Waals surface area contributed by atoms with Crippen molar-refractivity contribution in [2.75, 3.05) is 6.61 Å². The molecule has 2 aromatic rings. The van der Waals surface area contributed by atoms with E-state index in [1.807, 2.05) is 36.4 Å². The van der Waals surface area contributed by atoms with Crippen LogP contribution in [0.1, 0.15) is 6.92 Å². The smallest absolute Gasteiger partial charge is 0.320 e. The molecule has 0 radical (unpaired) electrons. The average molecular weight is 268 g/mol. The average Bonchev–Trinajstić information content (AvgIpc) is 2.79. The lowest BCUT2D eigenvalue weighted by Crippen LogP contribution is -2.05. The van der Waals surface area contributed by atoms with Crippen molar-refractivity contribution in [1.29, 1.82) is 0 Å². The maximum atomic E-state index is 12.0. The van der Waals surface area contributed by atoms with Crippen molar-refractivity contribution < 1.29 is 14.0 Å². The predicted octanol–water partition coefficient (Wildman–Crippen LogP) is 3.26. The van der Waals surface area contributed by atoms with Crippen molar-refractivity contribution in [1.82, 2.24) is 0 Å². The number of rotatable bonds is 4.